The molecule has 114 valence electrons. The highest BCUT2D eigenvalue weighted by atomic mass is 16.5. The van der Waals surface area contributed by atoms with Gasteiger partial charge in [-0.2, -0.15) is 0 Å². The number of para-hydroxylation sites is 2. The molecule has 0 unspecified atom stereocenters. The molecule has 1 aliphatic rings. The van der Waals surface area contributed by atoms with E-state index in [0.717, 1.165) is 24.4 Å². The first-order valence-corrected chi connectivity index (χ1v) is 7.54. The Bertz CT molecular complexity index is 643. The fraction of sp³-hybridized carbons (Fsp3) is 0.278. The number of nitrogens with zero attached hydrogens (tertiary/aromatic N) is 1. The van der Waals surface area contributed by atoms with Crippen molar-refractivity contribution < 1.29 is 9.53 Å². The van der Waals surface area contributed by atoms with E-state index >= 15 is 0 Å². The predicted octanol–water partition coefficient (Wildman–Crippen LogP) is 2.24. The van der Waals surface area contributed by atoms with Gasteiger partial charge in [0.25, 0.3) is 5.91 Å². The number of ether oxygens (including phenoxy) is 1. The molecule has 4 heteroatoms. The quantitative estimate of drug-likeness (QED) is 0.941. The van der Waals surface area contributed by atoms with Crippen LogP contribution in [-0.4, -0.2) is 32.1 Å². The number of hydrogen-bond acceptors (Lipinski definition) is 3. The lowest BCUT2D eigenvalue weighted by Gasteiger charge is -2.35. The number of nitrogens with one attached hydrogen (secondary N) is 1. The maximum Gasteiger partial charge on any atom is 0.262 e. The maximum atomic E-state index is 11.9. The summed E-state index contributed by atoms with van der Waals surface area (Å²) in [6.45, 7) is 1.43. The molecule has 4 nitrogen and oxygen atoms in total. The molecule has 0 aliphatic carbocycles. The van der Waals surface area contributed by atoms with Gasteiger partial charge in [-0.1, -0.05) is 42.5 Å². The summed E-state index contributed by atoms with van der Waals surface area (Å²) < 4.78 is 5.81. The Morgan fingerprint density at radius 2 is 1.91 bits per heavy atom. The van der Waals surface area contributed by atoms with Gasteiger partial charge in [0.05, 0.1) is 12.2 Å². The number of hydrogen-bond donors (Lipinski definition) is 1. The van der Waals surface area contributed by atoms with Crippen LogP contribution in [0, 0.1) is 0 Å². The number of likely N-dealkylation sites (N-methyl/N-ethyl adjacent to an activating group) is 1. The average molecular weight is 296 g/mol. The number of anilines is 1. The zero-order valence-electron chi connectivity index (χ0n) is 12.7. The average Bonchev–Trinajstić information content (AvgIpc) is 2.59. The second kappa shape index (κ2) is 6.52. The van der Waals surface area contributed by atoms with Crippen molar-refractivity contribution in [2.75, 3.05) is 25.0 Å². The highest BCUT2D eigenvalue weighted by Crippen LogP contribution is 2.33. The molecule has 1 amide bonds. The van der Waals surface area contributed by atoms with Crippen LogP contribution in [0.15, 0.2) is 54.6 Å². The zero-order chi connectivity index (χ0) is 15.4. The third-order valence-electron chi connectivity index (χ3n) is 3.91. The third kappa shape index (κ3) is 3.06. The molecule has 1 atom stereocenters. The molecule has 0 spiro atoms. The Balaban J connectivity index is 1.78. The first kappa shape index (κ1) is 14.4. The summed E-state index contributed by atoms with van der Waals surface area (Å²) in [7, 11) is 1.64. The minimum atomic E-state index is -0.462. The first-order valence-electron chi connectivity index (χ1n) is 7.54. The van der Waals surface area contributed by atoms with Gasteiger partial charge in [0.1, 0.15) is 5.75 Å². The molecule has 0 fully saturated rings. The number of carbonyl (C=O) groups is 1. The molecule has 1 aliphatic heterocycles. The van der Waals surface area contributed by atoms with Gasteiger partial charge in [-0.25, -0.2) is 0 Å². The molecular formula is C18H20N2O2. The van der Waals surface area contributed by atoms with E-state index in [-0.39, 0.29) is 5.91 Å². The molecule has 0 saturated carbocycles. The smallest absolute Gasteiger partial charge is 0.262 e. The standard InChI is InChI=1S/C18H20N2O2/c1-19-18(21)17-13-20(12-11-14-7-3-2-4-8-14)15-9-5-6-10-16(15)22-17/h2-10,17H,11-13H2,1H3,(H,19,21)/t17-/m0/s1. The van der Waals surface area contributed by atoms with Crippen molar-refractivity contribution in [1.29, 1.82) is 0 Å². The first-order chi connectivity index (χ1) is 10.8. The lowest BCUT2D eigenvalue weighted by atomic mass is 10.1. The van der Waals surface area contributed by atoms with Crippen molar-refractivity contribution in [3.05, 3.63) is 60.2 Å². The molecule has 2 aromatic rings. The van der Waals surface area contributed by atoms with E-state index in [9.17, 15) is 4.79 Å². The number of fused-ring (bicyclic) bond motifs is 1. The molecule has 1 N–H and O–H groups in total. The van der Waals surface area contributed by atoms with E-state index in [4.69, 9.17) is 4.74 Å². The zero-order valence-corrected chi connectivity index (χ0v) is 12.7. The van der Waals surface area contributed by atoms with Crippen molar-refractivity contribution in [2.45, 2.75) is 12.5 Å². The van der Waals surface area contributed by atoms with Crippen LogP contribution >= 0.6 is 0 Å². The lowest BCUT2D eigenvalue weighted by molar-refractivity contribution is -0.127. The third-order valence-corrected chi connectivity index (χ3v) is 3.91. The van der Waals surface area contributed by atoms with E-state index in [1.807, 2.05) is 30.3 Å². The molecule has 0 radical (unpaired) electrons. The van der Waals surface area contributed by atoms with Gasteiger partial charge in [0, 0.05) is 13.6 Å². The molecule has 3 rings (SSSR count). The fourth-order valence-electron chi connectivity index (χ4n) is 2.73. The number of carbonyl (C=O) groups excluding carboxylic acids is 1. The summed E-state index contributed by atoms with van der Waals surface area (Å²) in [5.74, 6) is 0.689. The lowest BCUT2D eigenvalue weighted by Crippen LogP contribution is -2.48. The topological polar surface area (TPSA) is 41.6 Å². The van der Waals surface area contributed by atoms with Crippen LogP contribution in [0.4, 0.5) is 5.69 Å². The van der Waals surface area contributed by atoms with Crippen LogP contribution in [0.3, 0.4) is 0 Å². The normalized spacial score (nSPS) is 16.6. The van der Waals surface area contributed by atoms with E-state index in [1.54, 1.807) is 7.05 Å². The Morgan fingerprint density at radius 1 is 1.18 bits per heavy atom. The number of benzene rings is 2. The molecule has 1 heterocycles. The van der Waals surface area contributed by atoms with E-state index in [2.05, 4.69) is 34.5 Å². The minimum Gasteiger partial charge on any atom is -0.477 e. The highest BCUT2D eigenvalue weighted by Gasteiger charge is 2.29. The van der Waals surface area contributed by atoms with E-state index < -0.39 is 6.10 Å². The van der Waals surface area contributed by atoms with Gasteiger partial charge < -0.3 is 15.0 Å². The van der Waals surface area contributed by atoms with Crippen molar-refractivity contribution in [3.63, 3.8) is 0 Å². The number of amides is 1. The summed E-state index contributed by atoms with van der Waals surface area (Å²) in [6, 6.07) is 18.3. The number of rotatable bonds is 4. The fourth-order valence-corrected chi connectivity index (χ4v) is 2.73. The van der Waals surface area contributed by atoms with Gasteiger partial charge in [-0.15, -0.1) is 0 Å². The Labute approximate surface area is 130 Å². The summed E-state index contributed by atoms with van der Waals surface area (Å²) in [6.07, 6.45) is 0.478. The Kier molecular flexibility index (Phi) is 4.28. The summed E-state index contributed by atoms with van der Waals surface area (Å²) in [5, 5.41) is 2.67. The summed E-state index contributed by atoms with van der Waals surface area (Å²) >= 11 is 0. The molecule has 22 heavy (non-hydrogen) atoms. The maximum absolute atomic E-state index is 11.9. The van der Waals surface area contributed by atoms with Crippen LogP contribution in [0.5, 0.6) is 5.75 Å². The molecule has 0 bridgehead atoms. The summed E-state index contributed by atoms with van der Waals surface area (Å²) in [4.78, 5) is 14.2. The van der Waals surface area contributed by atoms with Gasteiger partial charge in [0.15, 0.2) is 6.10 Å². The SMILES string of the molecule is CNC(=O)[C@@H]1CN(CCc2ccccc2)c2ccccc2O1. The van der Waals surface area contributed by atoms with Crippen molar-refractivity contribution in [1.82, 2.24) is 5.32 Å². The van der Waals surface area contributed by atoms with E-state index in [0.29, 0.717) is 6.54 Å². The Hall–Kier alpha value is -2.49. The molecule has 0 saturated heterocycles. The minimum absolute atomic E-state index is 0.0841. The molecule has 2 aromatic carbocycles. The highest BCUT2D eigenvalue weighted by molar-refractivity contribution is 5.83. The van der Waals surface area contributed by atoms with E-state index in [1.165, 1.54) is 5.56 Å². The monoisotopic (exact) mass is 296 g/mol. The van der Waals surface area contributed by atoms with Crippen LogP contribution in [0.25, 0.3) is 0 Å². The van der Waals surface area contributed by atoms with Gasteiger partial charge in [-0.05, 0) is 24.1 Å². The van der Waals surface area contributed by atoms with Crippen molar-refractivity contribution >= 4 is 11.6 Å². The van der Waals surface area contributed by atoms with Crippen molar-refractivity contribution in [3.8, 4) is 5.75 Å². The van der Waals surface area contributed by atoms with Crippen LogP contribution in [-0.2, 0) is 11.2 Å². The van der Waals surface area contributed by atoms with Gasteiger partial charge in [0.2, 0.25) is 0 Å². The van der Waals surface area contributed by atoms with Crippen LogP contribution in [0.1, 0.15) is 5.56 Å². The van der Waals surface area contributed by atoms with Crippen LogP contribution in [0.2, 0.25) is 0 Å². The molecule has 0 aromatic heterocycles. The largest absolute Gasteiger partial charge is 0.477 e. The van der Waals surface area contributed by atoms with Crippen LogP contribution < -0.4 is 15.0 Å². The second-order valence-corrected chi connectivity index (χ2v) is 5.37. The predicted molar refractivity (Wildman–Crippen MR) is 87.3 cm³/mol. The van der Waals surface area contributed by atoms with Crippen molar-refractivity contribution in [2.24, 2.45) is 0 Å². The molecular weight excluding hydrogens is 276 g/mol. The van der Waals surface area contributed by atoms with Gasteiger partial charge in [-0.3, -0.25) is 4.79 Å². The Morgan fingerprint density at radius 3 is 2.68 bits per heavy atom. The van der Waals surface area contributed by atoms with Gasteiger partial charge >= 0.3 is 0 Å². The second-order valence-electron chi connectivity index (χ2n) is 5.37. The summed E-state index contributed by atoms with van der Waals surface area (Å²) in [5.41, 5.74) is 2.35.